The van der Waals surface area contributed by atoms with Gasteiger partial charge >= 0.3 is 24.2 Å². The number of carbonyl (C=O) groups is 6. The maximum atomic E-state index is 13.0. The molecular formula is C54H76N6O11S2. The number of carbonyl (C=O) groups excluding carboxylic acids is 6. The summed E-state index contributed by atoms with van der Waals surface area (Å²) in [5.41, 5.74) is 2.55. The fraction of sp³-hybridized carbons (Fsp3) is 0.556. The number of ether oxygens (including phenoxy) is 5. The van der Waals surface area contributed by atoms with Crippen molar-refractivity contribution in [2.45, 2.75) is 89.9 Å². The fourth-order valence-corrected chi connectivity index (χ4v) is 10.6. The summed E-state index contributed by atoms with van der Waals surface area (Å²) in [4.78, 5) is 78.6. The van der Waals surface area contributed by atoms with Gasteiger partial charge in [-0.3, -0.25) is 19.7 Å². The molecule has 19 heteroatoms. The van der Waals surface area contributed by atoms with E-state index in [-0.39, 0.29) is 50.6 Å². The van der Waals surface area contributed by atoms with Crippen LogP contribution < -0.4 is 21.3 Å². The Morgan fingerprint density at radius 2 is 1.16 bits per heavy atom. The molecule has 2 fully saturated rings. The second-order valence-electron chi connectivity index (χ2n) is 18.2. The quantitative estimate of drug-likeness (QED) is 0.0192. The summed E-state index contributed by atoms with van der Waals surface area (Å²) >= 11 is 0. The summed E-state index contributed by atoms with van der Waals surface area (Å²) in [7, 11) is 3.05. The molecule has 0 radical (unpaired) electrons. The minimum Gasteiger partial charge on any atom is -0.460 e. The molecule has 0 aromatic heterocycles. The first-order valence-corrected chi connectivity index (χ1v) is 28.2. The first kappa shape index (κ1) is 58.4. The molecule has 1 heterocycles. The Morgan fingerprint density at radius 1 is 0.644 bits per heavy atom. The second kappa shape index (κ2) is 32.6. The third kappa shape index (κ3) is 20.4. The summed E-state index contributed by atoms with van der Waals surface area (Å²) in [5.74, 6) is 0.764. The minimum absolute atomic E-state index is 0.000441. The van der Waals surface area contributed by atoms with Gasteiger partial charge in [0.25, 0.3) is 0 Å². The summed E-state index contributed by atoms with van der Waals surface area (Å²) in [6.07, 6.45) is 3.54. The van der Waals surface area contributed by atoms with Crippen LogP contribution in [0.4, 0.5) is 14.4 Å². The zero-order chi connectivity index (χ0) is 52.1. The van der Waals surface area contributed by atoms with Crippen molar-refractivity contribution in [3.8, 4) is 0 Å². The molecule has 4 N–H and O–H groups in total. The van der Waals surface area contributed by atoms with Gasteiger partial charge in [0.05, 0.1) is 25.2 Å². The van der Waals surface area contributed by atoms with Crippen molar-refractivity contribution >= 4 is 57.7 Å². The number of hydrogen-bond acceptors (Lipinski definition) is 14. The molecule has 0 bridgehead atoms. The number of nitrogens with zero attached hydrogens (tertiary/aromatic N) is 2. The molecule has 5 amide bonds. The Hall–Kier alpha value is -5.50. The molecule has 1 aliphatic heterocycles. The van der Waals surface area contributed by atoms with Crippen molar-refractivity contribution in [1.82, 2.24) is 31.1 Å². The lowest BCUT2D eigenvalue weighted by molar-refractivity contribution is -0.154. The highest BCUT2D eigenvalue weighted by Gasteiger charge is 2.36. The van der Waals surface area contributed by atoms with E-state index in [4.69, 9.17) is 23.7 Å². The fourth-order valence-electron chi connectivity index (χ4n) is 8.98. The van der Waals surface area contributed by atoms with Gasteiger partial charge < -0.3 is 49.4 Å². The van der Waals surface area contributed by atoms with E-state index in [1.807, 2.05) is 54.6 Å². The number of esters is 1. The highest BCUT2D eigenvalue weighted by molar-refractivity contribution is 8.76. The Labute approximate surface area is 439 Å². The number of rotatable bonds is 27. The molecule has 1 saturated carbocycles. The highest BCUT2D eigenvalue weighted by atomic mass is 33.1. The first-order valence-electron chi connectivity index (χ1n) is 25.7. The standard InChI is InChI=1S/C54H76N6O11S2/c1-4-67-51(64)56-38-43-17-9-5-10-18-44(37-43)39-57-52(65)68-33-35-72-73-36-34-69-53(66)60-31-29-59(30-32-60)48(61)25-26-49(62)71-41(2)40-70-42(3)50(63)55-27-28-58-54(45-19-11-6-12-20-45,46-21-13-7-14-22-46)47-23-15-8-16-24-47/h6-8,11-16,19-24,41-44,58H,4-5,9-10,17-18,25-40H2,1-3H3,(H,55,63)(H,56,64)(H,57,65). The van der Waals surface area contributed by atoms with E-state index in [9.17, 15) is 28.8 Å². The lowest BCUT2D eigenvalue weighted by atomic mass is 9.77. The predicted molar refractivity (Wildman–Crippen MR) is 284 cm³/mol. The van der Waals surface area contributed by atoms with Crippen LogP contribution in [0.15, 0.2) is 91.0 Å². The molecule has 0 spiro atoms. The zero-order valence-corrected chi connectivity index (χ0v) is 44.4. The van der Waals surface area contributed by atoms with Gasteiger partial charge in [-0.25, -0.2) is 14.4 Å². The Balaban J connectivity index is 0.874. The van der Waals surface area contributed by atoms with E-state index in [0.29, 0.717) is 82.3 Å². The summed E-state index contributed by atoms with van der Waals surface area (Å²) in [6, 6.07) is 30.7. The first-order chi connectivity index (χ1) is 35.5. The van der Waals surface area contributed by atoms with Crippen LogP contribution in [0.1, 0.15) is 88.8 Å². The average molecular weight is 1050 g/mol. The van der Waals surface area contributed by atoms with Crippen LogP contribution in [-0.2, 0) is 43.6 Å². The number of piperazine rings is 1. The molecule has 4 unspecified atom stereocenters. The maximum Gasteiger partial charge on any atom is 0.409 e. The molecule has 17 nitrogen and oxygen atoms in total. The summed E-state index contributed by atoms with van der Waals surface area (Å²) in [5, 5.41) is 12.5. The van der Waals surface area contributed by atoms with Gasteiger partial charge in [-0.05, 0) is 68.6 Å². The van der Waals surface area contributed by atoms with Gasteiger partial charge in [0, 0.05) is 70.3 Å². The Kier molecular flexibility index (Phi) is 26.1. The maximum absolute atomic E-state index is 13.0. The summed E-state index contributed by atoms with van der Waals surface area (Å²) < 4.78 is 27.0. The number of amides is 5. The third-order valence-electron chi connectivity index (χ3n) is 12.8. The van der Waals surface area contributed by atoms with Crippen molar-refractivity contribution < 1.29 is 52.5 Å². The Bertz CT molecular complexity index is 2020. The van der Waals surface area contributed by atoms with Gasteiger partial charge in [0.1, 0.15) is 25.4 Å². The molecule has 3 aromatic rings. The van der Waals surface area contributed by atoms with Crippen LogP contribution in [0.5, 0.6) is 0 Å². The monoisotopic (exact) mass is 1050 g/mol. The van der Waals surface area contributed by atoms with Crippen LogP contribution in [0.2, 0.25) is 0 Å². The number of nitrogens with one attached hydrogen (secondary N) is 4. The van der Waals surface area contributed by atoms with Gasteiger partial charge in [-0.2, -0.15) is 0 Å². The normalized spacial score (nSPS) is 16.9. The third-order valence-corrected chi connectivity index (χ3v) is 15.1. The molecule has 2 aliphatic rings. The Morgan fingerprint density at radius 3 is 1.71 bits per heavy atom. The molecule has 400 valence electrons. The molecule has 5 rings (SSSR count). The van der Waals surface area contributed by atoms with Crippen LogP contribution in [0, 0.1) is 11.8 Å². The van der Waals surface area contributed by atoms with Crippen LogP contribution in [-0.4, -0.2) is 148 Å². The number of hydrogen-bond donors (Lipinski definition) is 4. The smallest absolute Gasteiger partial charge is 0.409 e. The summed E-state index contributed by atoms with van der Waals surface area (Å²) in [6.45, 7) is 9.10. The second-order valence-corrected chi connectivity index (χ2v) is 20.9. The lowest BCUT2D eigenvalue weighted by Crippen LogP contribution is -2.50. The molecule has 4 atom stereocenters. The van der Waals surface area contributed by atoms with Gasteiger partial charge in [0.2, 0.25) is 11.8 Å². The highest BCUT2D eigenvalue weighted by Crippen LogP contribution is 2.36. The predicted octanol–water partition coefficient (Wildman–Crippen LogP) is 7.52. The van der Waals surface area contributed by atoms with Gasteiger partial charge in [0.15, 0.2) is 0 Å². The molecule has 3 aromatic carbocycles. The van der Waals surface area contributed by atoms with E-state index in [2.05, 4.69) is 57.7 Å². The van der Waals surface area contributed by atoms with Crippen molar-refractivity contribution in [1.29, 1.82) is 0 Å². The van der Waals surface area contributed by atoms with Gasteiger partial charge in [-0.1, -0.05) is 132 Å². The van der Waals surface area contributed by atoms with Crippen LogP contribution >= 0.6 is 21.6 Å². The molecule has 1 aliphatic carbocycles. The van der Waals surface area contributed by atoms with Crippen molar-refractivity contribution in [3.05, 3.63) is 108 Å². The van der Waals surface area contributed by atoms with Crippen LogP contribution in [0.3, 0.4) is 0 Å². The van der Waals surface area contributed by atoms with E-state index < -0.39 is 35.9 Å². The van der Waals surface area contributed by atoms with E-state index in [0.717, 1.165) is 55.2 Å². The average Bonchev–Trinajstić information content (AvgIpc) is 3.40. The van der Waals surface area contributed by atoms with Crippen molar-refractivity contribution in [3.63, 3.8) is 0 Å². The lowest BCUT2D eigenvalue weighted by Gasteiger charge is -2.37. The van der Waals surface area contributed by atoms with E-state index in [1.54, 1.807) is 30.6 Å². The largest absolute Gasteiger partial charge is 0.460 e. The van der Waals surface area contributed by atoms with E-state index >= 15 is 0 Å². The van der Waals surface area contributed by atoms with Gasteiger partial charge in [-0.15, -0.1) is 0 Å². The van der Waals surface area contributed by atoms with Crippen LogP contribution in [0.25, 0.3) is 0 Å². The number of benzene rings is 3. The topological polar surface area (TPSA) is 203 Å². The number of alkyl carbamates (subject to hydrolysis) is 2. The molecule has 73 heavy (non-hydrogen) atoms. The zero-order valence-electron chi connectivity index (χ0n) is 42.7. The molecule has 1 saturated heterocycles. The minimum atomic E-state index is -0.796. The molecular weight excluding hydrogens is 973 g/mol. The van der Waals surface area contributed by atoms with E-state index in [1.165, 1.54) is 21.6 Å². The SMILES string of the molecule is CCOC(=O)NCC1CCCCCC(CNC(=O)OCCSSCCOC(=O)N2CCN(C(=O)CCC(=O)OC(C)COC(C)C(=O)NCCNC(c3ccccc3)(c3ccccc3)c3ccccc3)CC2)C1. The van der Waals surface area contributed by atoms with Crippen molar-refractivity contribution in [2.75, 3.05) is 90.3 Å². The van der Waals surface area contributed by atoms with Crippen molar-refractivity contribution in [2.24, 2.45) is 11.8 Å².